The van der Waals surface area contributed by atoms with Crippen LogP contribution in [0.25, 0.3) is 0 Å². The summed E-state index contributed by atoms with van der Waals surface area (Å²) >= 11 is 0. The minimum absolute atomic E-state index is 0.0457. The lowest BCUT2D eigenvalue weighted by Crippen LogP contribution is -2.46. The standard InChI is InChI=1S/C56H97NO5/c1-4-7-10-13-16-19-22-25-27-28-31-34-37-40-43-46-49-56(61)62-52(47-44-41-38-35-32-30-26-23-20-17-14-11-8-5-2)50-55(60)57-53(51-58)54(59)48-45-42-39-36-33-29-24-21-18-15-12-9-6-3/h7-8,10-11,16-17,19-20,25-27,30-31,34,52-54,58-59H,4-6,9,12-15,18,21-24,28-29,32-33,35-51H2,1-3H3,(H,57,60)/b10-7+,11-8+,19-16+,20-17+,27-25+,30-26+,34-31+. The van der Waals surface area contributed by atoms with E-state index in [4.69, 9.17) is 4.74 Å². The highest BCUT2D eigenvalue weighted by atomic mass is 16.5. The first-order valence-electron chi connectivity index (χ1n) is 25.8. The van der Waals surface area contributed by atoms with Crippen LogP contribution in [0.5, 0.6) is 0 Å². The Bertz CT molecular complexity index is 1200. The highest BCUT2D eigenvalue weighted by Gasteiger charge is 2.24. The number of carbonyl (C=O) groups is 2. The maximum absolute atomic E-state index is 13.2. The molecule has 3 atom stereocenters. The van der Waals surface area contributed by atoms with Crippen molar-refractivity contribution in [1.82, 2.24) is 5.32 Å². The Hall–Kier alpha value is -2.96. The van der Waals surface area contributed by atoms with Gasteiger partial charge in [-0.25, -0.2) is 0 Å². The average molecular weight is 864 g/mol. The predicted octanol–water partition coefficient (Wildman–Crippen LogP) is 15.6. The number of amides is 1. The van der Waals surface area contributed by atoms with Gasteiger partial charge in [0.1, 0.15) is 6.10 Å². The molecule has 0 heterocycles. The average Bonchev–Trinajstić information content (AvgIpc) is 3.26. The predicted molar refractivity (Wildman–Crippen MR) is 268 cm³/mol. The largest absolute Gasteiger partial charge is 0.462 e. The maximum Gasteiger partial charge on any atom is 0.306 e. The summed E-state index contributed by atoms with van der Waals surface area (Å²) < 4.78 is 5.91. The fraction of sp³-hybridized carbons (Fsp3) is 0.714. The van der Waals surface area contributed by atoms with Crippen LogP contribution in [0, 0.1) is 0 Å². The third-order valence-electron chi connectivity index (χ3n) is 11.2. The van der Waals surface area contributed by atoms with Gasteiger partial charge in [-0.2, -0.15) is 0 Å². The molecule has 0 aromatic heterocycles. The quantitative estimate of drug-likeness (QED) is 0.0322. The number of hydrogen-bond acceptors (Lipinski definition) is 5. The molecule has 3 N–H and O–H groups in total. The zero-order valence-electron chi connectivity index (χ0n) is 40.5. The van der Waals surface area contributed by atoms with Gasteiger partial charge < -0.3 is 20.3 Å². The molecule has 0 aliphatic heterocycles. The number of rotatable bonds is 45. The number of allylic oxidation sites excluding steroid dienone is 14. The van der Waals surface area contributed by atoms with Gasteiger partial charge in [-0.1, -0.05) is 209 Å². The van der Waals surface area contributed by atoms with E-state index in [1.54, 1.807) is 0 Å². The van der Waals surface area contributed by atoms with Gasteiger partial charge in [-0.3, -0.25) is 9.59 Å². The van der Waals surface area contributed by atoms with Crippen LogP contribution in [0.2, 0.25) is 0 Å². The molecule has 0 bridgehead atoms. The first-order valence-corrected chi connectivity index (χ1v) is 25.8. The summed E-state index contributed by atoms with van der Waals surface area (Å²) in [6, 6.07) is -0.720. The monoisotopic (exact) mass is 864 g/mol. The lowest BCUT2D eigenvalue weighted by Gasteiger charge is -2.24. The summed E-state index contributed by atoms with van der Waals surface area (Å²) in [5.41, 5.74) is 0. The molecule has 0 aromatic carbocycles. The van der Waals surface area contributed by atoms with Crippen LogP contribution in [0.3, 0.4) is 0 Å². The van der Waals surface area contributed by atoms with Crippen LogP contribution in [0.15, 0.2) is 85.1 Å². The molecule has 0 aliphatic carbocycles. The Labute approximate surface area is 383 Å². The topological polar surface area (TPSA) is 95.9 Å². The molecule has 0 aliphatic rings. The van der Waals surface area contributed by atoms with E-state index in [0.717, 1.165) is 122 Å². The summed E-state index contributed by atoms with van der Waals surface area (Å²) in [6.45, 7) is 6.24. The number of ether oxygens (including phenoxy) is 1. The van der Waals surface area contributed by atoms with Crippen molar-refractivity contribution in [2.24, 2.45) is 0 Å². The third kappa shape index (κ3) is 43.7. The maximum atomic E-state index is 13.2. The van der Waals surface area contributed by atoms with E-state index >= 15 is 0 Å². The second-order valence-corrected chi connectivity index (χ2v) is 17.2. The summed E-state index contributed by atoms with van der Waals surface area (Å²) in [6.07, 6.45) is 63.5. The smallest absolute Gasteiger partial charge is 0.306 e. The zero-order valence-corrected chi connectivity index (χ0v) is 40.5. The van der Waals surface area contributed by atoms with Gasteiger partial charge >= 0.3 is 5.97 Å². The lowest BCUT2D eigenvalue weighted by molar-refractivity contribution is -0.151. The van der Waals surface area contributed by atoms with Gasteiger partial charge in [0.15, 0.2) is 0 Å². The van der Waals surface area contributed by atoms with Crippen LogP contribution in [0.1, 0.15) is 233 Å². The van der Waals surface area contributed by atoms with Crippen LogP contribution >= 0.6 is 0 Å². The van der Waals surface area contributed by atoms with Gasteiger partial charge in [0.05, 0.1) is 25.2 Å². The molecular formula is C56H97NO5. The Morgan fingerprint density at radius 3 is 1.32 bits per heavy atom. The number of esters is 1. The molecule has 0 fully saturated rings. The van der Waals surface area contributed by atoms with E-state index in [9.17, 15) is 19.8 Å². The van der Waals surface area contributed by atoms with Crippen molar-refractivity contribution in [3.05, 3.63) is 85.1 Å². The molecule has 356 valence electrons. The molecule has 0 rings (SSSR count). The van der Waals surface area contributed by atoms with Crippen molar-refractivity contribution in [3.63, 3.8) is 0 Å². The molecule has 0 saturated heterocycles. The van der Waals surface area contributed by atoms with E-state index in [0.29, 0.717) is 19.3 Å². The van der Waals surface area contributed by atoms with Gasteiger partial charge in [-0.05, 0) is 96.3 Å². The zero-order chi connectivity index (χ0) is 45.2. The normalized spacial score (nSPS) is 14.0. The number of aliphatic hydroxyl groups excluding tert-OH is 2. The number of aliphatic hydroxyl groups is 2. The number of nitrogens with one attached hydrogen (secondary N) is 1. The summed E-state index contributed by atoms with van der Waals surface area (Å²) in [5.74, 6) is -0.537. The highest BCUT2D eigenvalue weighted by molar-refractivity contribution is 5.77. The number of carbonyl (C=O) groups excluding carboxylic acids is 2. The van der Waals surface area contributed by atoms with E-state index in [1.807, 2.05) is 0 Å². The molecule has 0 radical (unpaired) electrons. The minimum Gasteiger partial charge on any atom is -0.462 e. The Balaban J connectivity index is 4.68. The van der Waals surface area contributed by atoms with E-state index in [-0.39, 0.29) is 24.9 Å². The van der Waals surface area contributed by atoms with Gasteiger partial charge in [-0.15, -0.1) is 0 Å². The molecule has 6 heteroatoms. The Morgan fingerprint density at radius 1 is 0.484 bits per heavy atom. The van der Waals surface area contributed by atoms with Crippen molar-refractivity contribution in [1.29, 1.82) is 0 Å². The minimum atomic E-state index is -0.803. The summed E-state index contributed by atoms with van der Waals surface area (Å²) in [5, 5.41) is 23.8. The van der Waals surface area contributed by atoms with Crippen molar-refractivity contribution in [3.8, 4) is 0 Å². The Kier molecular flexibility index (Phi) is 46.7. The van der Waals surface area contributed by atoms with Crippen LogP contribution in [-0.2, 0) is 14.3 Å². The van der Waals surface area contributed by atoms with Crippen molar-refractivity contribution < 1.29 is 24.5 Å². The van der Waals surface area contributed by atoms with E-state index in [1.165, 1.54) is 64.2 Å². The van der Waals surface area contributed by atoms with Crippen molar-refractivity contribution in [2.75, 3.05) is 6.61 Å². The molecule has 62 heavy (non-hydrogen) atoms. The SMILES string of the molecule is CC/C=C/C/C=C/C/C=C/C/C=C/CCCCCC(=O)OC(CCCCCC/C=C/C/C=C/C/C=C/CC)CC(=O)NC(CO)C(O)CCCCCCCCCCCCCCC. The lowest BCUT2D eigenvalue weighted by atomic mass is 10.0. The first-order chi connectivity index (χ1) is 30.5. The molecule has 3 unspecified atom stereocenters. The second-order valence-electron chi connectivity index (χ2n) is 17.2. The molecule has 6 nitrogen and oxygen atoms in total. The second kappa shape index (κ2) is 49.1. The van der Waals surface area contributed by atoms with Crippen LogP contribution < -0.4 is 5.32 Å². The summed E-state index contributed by atoms with van der Waals surface area (Å²) in [4.78, 5) is 26.1. The third-order valence-corrected chi connectivity index (χ3v) is 11.2. The van der Waals surface area contributed by atoms with Crippen LogP contribution in [-0.4, -0.2) is 46.9 Å². The van der Waals surface area contributed by atoms with Gasteiger partial charge in [0.25, 0.3) is 0 Å². The fourth-order valence-electron chi connectivity index (χ4n) is 7.38. The summed E-state index contributed by atoms with van der Waals surface area (Å²) in [7, 11) is 0. The number of unbranched alkanes of at least 4 members (excludes halogenated alkanes) is 19. The molecule has 0 spiro atoms. The molecule has 1 amide bonds. The molecule has 0 saturated carbocycles. The fourth-order valence-corrected chi connectivity index (χ4v) is 7.38. The van der Waals surface area contributed by atoms with E-state index in [2.05, 4.69) is 111 Å². The molecule has 0 aromatic rings. The van der Waals surface area contributed by atoms with E-state index < -0.39 is 18.2 Å². The first kappa shape index (κ1) is 59.0. The highest BCUT2D eigenvalue weighted by Crippen LogP contribution is 2.17. The van der Waals surface area contributed by atoms with Gasteiger partial charge in [0.2, 0.25) is 5.91 Å². The van der Waals surface area contributed by atoms with Crippen molar-refractivity contribution in [2.45, 2.75) is 251 Å². The van der Waals surface area contributed by atoms with Crippen molar-refractivity contribution >= 4 is 11.9 Å². The van der Waals surface area contributed by atoms with Crippen LogP contribution in [0.4, 0.5) is 0 Å². The molecular weight excluding hydrogens is 767 g/mol. The van der Waals surface area contributed by atoms with Gasteiger partial charge in [0, 0.05) is 6.42 Å². The Morgan fingerprint density at radius 2 is 0.871 bits per heavy atom. The number of hydrogen-bond donors (Lipinski definition) is 3.